The number of nitrogen functional groups attached to an aromatic ring is 1. The van der Waals surface area contributed by atoms with Gasteiger partial charge in [0, 0.05) is 5.92 Å². The summed E-state index contributed by atoms with van der Waals surface area (Å²) in [5.41, 5.74) is 8.58. The molecule has 0 aliphatic rings. The summed E-state index contributed by atoms with van der Waals surface area (Å²) in [4.78, 5) is 0. The van der Waals surface area contributed by atoms with Gasteiger partial charge >= 0.3 is 0 Å². The van der Waals surface area contributed by atoms with Crippen molar-refractivity contribution in [3.05, 3.63) is 82.5 Å². The molecule has 2 N–H and O–H groups in total. The summed E-state index contributed by atoms with van der Waals surface area (Å²) in [6.07, 6.45) is 1.74. The van der Waals surface area contributed by atoms with Crippen LogP contribution in [0.3, 0.4) is 0 Å². The van der Waals surface area contributed by atoms with Crippen molar-refractivity contribution in [1.82, 2.24) is 9.78 Å². The first-order valence-electron chi connectivity index (χ1n) is 6.82. The molecule has 0 radical (unpaired) electrons. The quantitative estimate of drug-likeness (QED) is 0.777. The average Bonchev–Trinajstić information content (AvgIpc) is 2.86. The monoisotopic (exact) mass is 341 g/mol. The number of halogens is 1. The minimum Gasteiger partial charge on any atom is -0.383 e. The molecule has 106 valence electrons. The van der Waals surface area contributed by atoms with Crippen LogP contribution in [0.25, 0.3) is 0 Å². The topological polar surface area (TPSA) is 43.8 Å². The highest BCUT2D eigenvalue weighted by molar-refractivity contribution is 9.10. The first-order valence-corrected chi connectivity index (χ1v) is 7.61. The molecule has 0 aliphatic heterocycles. The molecular formula is C17H16BrN3. The third kappa shape index (κ3) is 3.00. The average molecular weight is 342 g/mol. The van der Waals surface area contributed by atoms with E-state index in [4.69, 9.17) is 5.73 Å². The Bertz CT molecular complexity index is 668. The number of nitrogens with zero attached hydrogens (tertiary/aromatic N) is 2. The summed E-state index contributed by atoms with van der Waals surface area (Å²) in [6.45, 7) is 0.714. The van der Waals surface area contributed by atoms with E-state index in [0.717, 1.165) is 4.47 Å². The summed E-state index contributed by atoms with van der Waals surface area (Å²) < 4.78 is 2.68. The van der Waals surface area contributed by atoms with E-state index in [9.17, 15) is 0 Å². The van der Waals surface area contributed by atoms with Crippen molar-refractivity contribution in [3.8, 4) is 0 Å². The molecule has 21 heavy (non-hydrogen) atoms. The highest BCUT2D eigenvalue weighted by Crippen LogP contribution is 2.28. The van der Waals surface area contributed by atoms with Crippen molar-refractivity contribution >= 4 is 21.7 Å². The molecule has 0 saturated heterocycles. The molecule has 0 bridgehead atoms. The van der Waals surface area contributed by atoms with Crippen molar-refractivity contribution in [1.29, 1.82) is 0 Å². The molecular weight excluding hydrogens is 326 g/mol. The van der Waals surface area contributed by atoms with E-state index in [0.29, 0.717) is 12.4 Å². The van der Waals surface area contributed by atoms with Crippen LogP contribution in [0.2, 0.25) is 0 Å². The van der Waals surface area contributed by atoms with Gasteiger partial charge in [-0.2, -0.15) is 5.10 Å². The number of nitrogens with two attached hydrogens (primary N) is 1. The molecule has 0 unspecified atom stereocenters. The van der Waals surface area contributed by atoms with E-state index in [-0.39, 0.29) is 5.92 Å². The Labute approximate surface area is 132 Å². The van der Waals surface area contributed by atoms with Gasteiger partial charge in [-0.15, -0.1) is 0 Å². The molecule has 0 aliphatic carbocycles. The maximum absolute atomic E-state index is 6.06. The van der Waals surface area contributed by atoms with Crippen LogP contribution >= 0.6 is 15.9 Å². The number of anilines is 1. The van der Waals surface area contributed by atoms with Gasteiger partial charge in [0.15, 0.2) is 0 Å². The van der Waals surface area contributed by atoms with Crippen molar-refractivity contribution in [2.45, 2.75) is 12.5 Å². The lowest BCUT2D eigenvalue weighted by atomic mass is 9.91. The van der Waals surface area contributed by atoms with Gasteiger partial charge in [0.2, 0.25) is 0 Å². The summed E-state index contributed by atoms with van der Waals surface area (Å²) in [5.74, 6) is 0.883. The molecule has 4 heteroatoms. The van der Waals surface area contributed by atoms with Crippen molar-refractivity contribution in [3.63, 3.8) is 0 Å². The molecule has 0 saturated carbocycles. The lowest BCUT2D eigenvalue weighted by Crippen LogP contribution is -2.13. The predicted molar refractivity (Wildman–Crippen MR) is 89.1 cm³/mol. The van der Waals surface area contributed by atoms with E-state index in [1.165, 1.54) is 11.1 Å². The number of hydrogen-bond donors (Lipinski definition) is 1. The van der Waals surface area contributed by atoms with Crippen molar-refractivity contribution < 1.29 is 0 Å². The predicted octanol–water partition coefficient (Wildman–Crippen LogP) is 4.06. The molecule has 0 fully saturated rings. The van der Waals surface area contributed by atoms with Gasteiger partial charge in [-0.1, -0.05) is 60.7 Å². The maximum Gasteiger partial charge on any atom is 0.136 e. The highest BCUT2D eigenvalue weighted by atomic mass is 79.9. The fourth-order valence-electron chi connectivity index (χ4n) is 2.46. The van der Waals surface area contributed by atoms with Crippen LogP contribution in [0.5, 0.6) is 0 Å². The molecule has 3 nitrogen and oxygen atoms in total. The van der Waals surface area contributed by atoms with Gasteiger partial charge in [-0.3, -0.25) is 0 Å². The lowest BCUT2D eigenvalue weighted by molar-refractivity contribution is 0.570. The van der Waals surface area contributed by atoms with Crippen LogP contribution in [0, 0.1) is 0 Å². The SMILES string of the molecule is Nc1c(Br)cnn1CC(c1ccccc1)c1ccccc1. The maximum atomic E-state index is 6.06. The van der Waals surface area contributed by atoms with Crippen LogP contribution in [-0.4, -0.2) is 9.78 Å². The Morgan fingerprint density at radius 2 is 1.48 bits per heavy atom. The number of hydrogen-bond acceptors (Lipinski definition) is 2. The Morgan fingerprint density at radius 1 is 0.952 bits per heavy atom. The zero-order valence-corrected chi connectivity index (χ0v) is 13.1. The largest absolute Gasteiger partial charge is 0.383 e. The highest BCUT2D eigenvalue weighted by Gasteiger charge is 2.17. The van der Waals surface area contributed by atoms with Gasteiger partial charge in [-0.25, -0.2) is 4.68 Å². The Morgan fingerprint density at radius 3 is 1.90 bits per heavy atom. The summed E-state index contributed by atoms with van der Waals surface area (Å²) >= 11 is 3.41. The summed E-state index contributed by atoms with van der Waals surface area (Å²) in [7, 11) is 0. The number of benzene rings is 2. The third-order valence-corrected chi connectivity index (χ3v) is 4.20. The molecule has 0 amide bonds. The van der Waals surface area contributed by atoms with Crippen molar-refractivity contribution in [2.24, 2.45) is 0 Å². The minimum atomic E-state index is 0.224. The first kappa shape index (κ1) is 13.9. The minimum absolute atomic E-state index is 0.224. The van der Waals surface area contributed by atoms with Crippen LogP contribution in [-0.2, 0) is 6.54 Å². The number of rotatable bonds is 4. The fraction of sp³-hybridized carbons (Fsp3) is 0.118. The van der Waals surface area contributed by atoms with Crippen LogP contribution in [0.4, 0.5) is 5.82 Å². The molecule has 1 heterocycles. The molecule has 1 aromatic heterocycles. The normalized spacial score (nSPS) is 11.0. The van der Waals surface area contributed by atoms with E-state index in [1.54, 1.807) is 6.20 Å². The molecule has 0 atom stereocenters. The Balaban J connectivity index is 1.99. The zero-order valence-electron chi connectivity index (χ0n) is 11.5. The van der Waals surface area contributed by atoms with Gasteiger partial charge < -0.3 is 5.73 Å². The number of aromatic nitrogens is 2. The van der Waals surface area contributed by atoms with E-state index in [2.05, 4.69) is 69.6 Å². The Kier molecular flexibility index (Phi) is 4.06. The lowest BCUT2D eigenvalue weighted by Gasteiger charge is -2.19. The van der Waals surface area contributed by atoms with Crippen molar-refractivity contribution in [2.75, 3.05) is 5.73 Å². The zero-order chi connectivity index (χ0) is 14.7. The van der Waals surface area contributed by atoms with Crippen LogP contribution < -0.4 is 5.73 Å². The van der Waals surface area contributed by atoms with Gasteiger partial charge in [-0.05, 0) is 27.1 Å². The smallest absolute Gasteiger partial charge is 0.136 e. The van der Waals surface area contributed by atoms with Crippen LogP contribution in [0.15, 0.2) is 71.3 Å². The van der Waals surface area contributed by atoms with Gasteiger partial charge in [0.1, 0.15) is 5.82 Å². The summed E-state index contributed by atoms with van der Waals surface area (Å²) in [6, 6.07) is 20.9. The van der Waals surface area contributed by atoms with E-state index >= 15 is 0 Å². The van der Waals surface area contributed by atoms with Gasteiger partial charge in [0.05, 0.1) is 17.2 Å². The first-order chi connectivity index (χ1) is 10.3. The molecule has 3 aromatic rings. The van der Waals surface area contributed by atoms with Crippen LogP contribution in [0.1, 0.15) is 17.0 Å². The Hall–Kier alpha value is -2.07. The fourth-order valence-corrected chi connectivity index (χ4v) is 2.76. The standard InChI is InChI=1S/C17H16BrN3/c18-16-11-20-21(17(16)19)12-15(13-7-3-1-4-8-13)14-9-5-2-6-10-14/h1-11,15H,12,19H2. The van der Waals surface area contributed by atoms with E-state index in [1.807, 2.05) is 16.8 Å². The molecule has 2 aromatic carbocycles. The van der Waals surface area contributed by atoms with E-state index < -0.39 is 0 Å². The third-order valence-electron chi connectivity index (χ3n) is 3.59. The van der Waals surface area contributed by atoms with Gasteiger partial charge in [0.25, 0.3) is 0 Å². The second-order valence-electron chi connectivity index (χ2n) is 4.93. The second-order valence-corrected chi connectivity index (χ2v) is 5.79. The summed E-state index contributed by atoms with van der Waals surface area (Å²) in [5, 5.41) is 4.35. The molecule has 3 rings (SSSR count). The molecule has 0 spiro atoms. The second kappa shape index (κ2) is 6.14.